The van der Waals surface area contributed by atoms with Gasteiger partial charge in [0.05, 0.1) is 13.7 Å². The molecule has 126 valence electrons. The number of nitrogens with one attached hydrogen (secondary N) is 1. The lowest BCUT2D eigenvalue weighted by Crippen LogP contribution is -2.09. The number of rotatable bonds is 6. The van der Waals surface area contributed by atoms with E-state index in [2.05, 4.69) is 5.32 Å². The normalized spacial score (nSPS) is 10.7. The molecule has 4 nitrogen and oxygen atoms in total. The molecule has 0 spiro atoms. The molecule has 24 heavy (non-hydrogen) atoms. The van der Waals surface area contributed by atoms with Gasteiger partial charge in [0.15, 0.2) is 11.5 Å². The monoisotopic (exact) mass is 329 g/mol. The second-order valence-corrected chi connectivity index (χ2v) is 5.13. The van der Waals surface area contributed by atoms with Crippen LogP contribution >= 0.6 is 0 Å². The summed E-state index contributed by atoms with van der Waals surface area (Å²) in [5.41, 5.74) is 2.04. The summed E-state index contributed by atoms with van der Waals surface area (Å²) in [4.78, 5) is 12.0. The molecule has 0 atom stereocenters. The molecule has 0 aliphatic heterocycles. The third-order valence-electron chi connectivity index (χ3n) is 3.37. The van der Waals surface area contributed by atoms with Gasteiger partial charge in [-0.3, -0.25) is 4.79 Å². The fraction of sp³-hybridized carbons (Fsp3) is 0.211. The van der Waals surface area contributed by atoms with Crippen LogP contribution in [0, 0.1) is 12.7 Å². The van der Waals surface area contributed by atoms with Crippen molar-refractivity contribution in [3.05, 3.63) is 59.4 Å². The van der Waals surface area contributed by atoms with Gasteiger partial charge in [-0.15, -0.1) is 0 Å². The van der Waals surface area contributed by atoms with Gasteiger partial charge in [0.2, 0.25) is 5.91 Å². The Bertz CT molecular complexity index is 756. The summed E-state index contributed by atoms with van der Waals surface area (Å²) in [7, 11) is 1.56. The average Bonchev–Trinajstić information content (AvgIpc) is 2.57. The maximum atomic E-state index is 13.2. The molecule has 0 aliphatic rings. The minimum Gasteiger partial charge on any atom is -0.493 e. The molecule has 0 unspecified atom stereocenters. The van der Waals surface area contributed by atoms with Crippen LogP contribution in [0.25, 0.3) is 6.08 Å². The van der Waals surface area contributed by atoms with E-state index in [1.54, 1.807) is 38.3 Å². The number of ether oxygens (including phenoxy) is 2. The fourth-order valence-electron chi connectivity index (χ4n) is 2.14. The second-order valence-electron chi connectivity index (χ2n) is 5.13. The van der Waals surface area contributed by atoms with Crippen LogP contribution < -0.4 is 14.8 Å². The molecule has 1 amide bonds. The number of halogens is 1. The van der Waals surface area contributed by atoms with E-state index in [0.29, 0.717) is 23.8 Å². The summed E-state index contributed by atoms with van der Waals surface area (Å²) in [6.45, 7) is 4.24. The van der Waals surface area contributed by atoms with Gasteiger partial charge in [-0.1, -0.05) is 12.1 Å². The Morgan fingerprint density at radius 2 is 2.00 bits per heavy atom. The minimum atomic E-state index is -0.392. The molecule has 0 bridgehead atoms. The summed E-state index contributed by atoms with van der Waals surface area (Å²) >= 11 is 0. The molecule has 0 aromatic heterocycles. The highest BCUT2D eigenvalue weighted by atomic mass is 19.1. The molecule has 1 N–H and O–H groups in total. The molecule has 2 aromatic carbocycles. The summed E-state index contributed by atoms with van der Waals surface area (Å²) in [5, 5.41) is 2.66. The van der Waals surface area contributed by atoms with Gasteiger partial charge in [0.25, 0.3) is 0 Å². The molecule has 0 aliphatic carbocycles. The van der Waals surface area contributed by atoms with E-state index in [-0.39, 0.29) is 5.91 Å². The Kier molecular flexibility index (Phi) is 5.95. The third kappa shape index (κ3) is 4.59. The topological polar surface area (TPSA) is 47.6 Å². The van der Waals surface area contributed by atoms with Gasteiger partial charge in [-0.25, -0.2) is 4.39 Å². The third-order valence-corrected chi connectivity index (χ3v) is 3.37. The SMILES string of the molecule is CCOc1ccc(C=CC(=O)Nc2cc(F)ccc2C)cc1OC. The number of aryl methyl sites for hydroxylation is 1. The van der Waals surface area contributed by atoms with Gasteiger partial charge >= 0.3 is 0 Å². The highest BCUT2D eigenvalue weighted by molar-refractivity contribution is 6.02. The summed E-state index contributed by atoms with van der Waals surface area (Å²) in [5.74, 6) is 0.519. The van der Waals surface area contributed by atoms with Crippen LogP contribution in [0.1, 0.15) is 18.1 Å². The van der Waals surface area contributed by atoms with Crippen LogP contribution in [0.4, 0.5) is 10.1 Å². The number of hydrogen-bond donors (Lipinski definition) is 1. The Morgan fingerprint density at radius 3 is 2.71 bits per heavy atom. The number of hydrogen-bond acceptors (Lipinski definition) is 3. The van der Waals surface area contributed by atoms with Crippen LogP contribution in [0.15, 0.2) is 42.5 Å². The Morgan fingerprint density at radius 1 is 1.21 bits per heavy atom. The lowest BCUT2D eigenvalue weighted by molar-refractivity contribution is -0.111. The zero-order valence-electron chi connectivity index (χ0n) is 13.9. The maximum absolute atomic E-state index is 13.2. The van der Waals surface area contributed by atoms with Crippen molar-refractivity contribution in [2.75, 3.05) is 19.0 Å². The molecular weight excluding hydrogens is 309 g/mol. The number of methoxy groups -OCH3 is 1. The lowest BCUT2D eigenvalue weighted by atomic mass is 10.1. The number of amides is 1. The lowest BCUT2D eigenvalue weighted by Gasteiger charge is -2.09. The molecule has 0 radical (unpaired) electrons. The highest BCUT2D eigenvalue weighted by Gasteiger charge is 2.05. The molecular formula is C19H20FNO3. The van der Waals surface area contributed by atoms with E-state index in [0.717, 1.165) is 11.1 Å². The minimum absolute atomic E-state index is 0.337. The molecule has 0 heterocycles. The molecule has 0 fully saturated rings. The standard InChI is InChI=1S/C19H20FNO3/c1-4-24-17-9-6-14(11-18(17)23-3)7-10-19(22)21-16-12-15(20)8-5-13(16)2/h5-12H,4H2,1-3H3,(H,21,22). The molecule has 0 saturated carbocycles. The van der Waals surface area contributed by atoms with E-state index in [1.807, 2.05) is 13.0 Å². The van der Waals surface area contributed by atoms with E-state index in [4.69, 9.17) is 9.47 Å². The molecule has 2 aromatic rings. The predicted molar refractivity (Wildman–Crippen MR) is 93.0 cm³/mol. The van der Waals surface area contributed by atoms with Crippen molar-refractivity contribution in [1.29, 1.82) is 0 Å². The first-order valence-corrected chi connectivity index (χ1v) is 7.59. The highest BCUT2D eigenvalue weighted by Crippen LogP contribution is 2.28. The van der Waals surface area contributed by atoms with E-state index < -0.39 is 5.82 Å². The van der Waals surface area contributed by atoms with Gasteiger partial charge in [-0.2, -0.15) is 0 Å². The average molecular weight is 329 g/mol. The Labute approximate surface area is 140 Å². The van der Waals surface area contributed by atoms with Crippen molar-refractivity contribution in [3.63, 3.8) is 0 Å². The van der Waals surface area contributed by atoms with Crippen molar-refractivity contribution >= 4 is 17.7 Å². The first-order chi connectivity index (χ1) is 11.5. The van der Waals surface area contributed by atoms with E-state index in [1.165, 1.54) is 18.2 Å². The van der Waals surface area contributed by atoms with E-state index in [9.17, 15) is 9.18 Å². The van der Waals surface area contributed by atoms with Crippen LogP contribution in [0.2, 0.25) is 0 Å². The second kappa shape index (κ2) is 8.15. The molecule has 0 saturated heterocycles. The van der Waals surface area contributed by atoms with Gasteiger partial charge in [0.1, 0.15) is 5.82 Å². The smallest absolute Gasteiger partial charge is 0.248 e. The zero-order valence-corrected chi connectivity index (χ0v) is 13.9. The van der Waals surface area contributed by atoms with Crippen LogP contribution in [-0.2, 0) is 4.79 Å². The van der Waals surface area contributed by atoms with Crippen molar-refractivity contribution in [3.8, 4) is 11.5 Å². The van der Waals surface area contributed by atoms with Gasteiger partial charge in [0, 0.05) is 11.8 Å². The quantitative estimate of drug-likeness (QED) is 0.808. The molecule has 2 rings (SSSR count). The fourth-order valence-corrected chi connectivity index (χ4v) is 2.14. The number of benzene rings is 2. The predicted octanol–water partition coefficient (Wildman–Crippen LogP) is 4.19. The van der Waals surface area contributed by atoms with Gasteiger partial charge in [-0.05, 0) is 55.3 Å². The zero-order chi connectivity index (χ0) is 17.5. The Hall–Kier alpha value is -2.82. The summed E-state index contributed by atoms with van der Waals surface area (Å²) in [6, 6.07) is 9.66. The molecule has 5 heteroatoms. The van der Waals surface area contributed by atoms with Crippen molar-refractivity contribution in [2.45, 2.75) is 13.8 Å². The van der Waals surface area contributed by atoms with Gasteiger partial charge < -0.3 is 14.8 Å². The summed E-state index contributed by atoms with van der Waals surface area (Å²) in [6.07, 6.45) is 3.04. The summed E-state index contributed by atoms with van der Waals surface area (Å²) < 4.78 is 24.0. The number of anilines is 1. The maximum Gasteiger partial charge on any atom is 0.248 e. The van der Waals surface area contributed by atoms with Crippen LogP contribution in [0.3, 0.4) is 0 Å². The first-order valence-electron chi connectivity index (χ1n) is 7.59. The van der Waals surface area contributed by atoms with Crippen molar-refractivity contribution in [1.82, 2.24) is 0 Å². The van der Waals surface area contributed by atoms with Crippen molar-refractivity contribution in [2.24, 2.45) is 0 Å². The largest absolute Gasteiger partial charge is 0.493 e. The Balaban J connectivity index is 2.09. The van der Waals surface area contributed by atoms with Crippen molar-refractivity contribution < 1.29 is 18.7 Å². The van der Waals surface area contributed by atoms with Crippen LogP contribution in [-0.4, -0.2) is 19.6 Å². The van der Waals surface area contributed by atoms with E-state index >= 15 is 0 Å². The number of carbonyl (C=O) groups excluding carboxylic acids is 1. The van der Waals surface area contributed by atoms with Crippen LogP contribution in [0.5, 0.6) is 11.5 Å². The number of carbonyl (C=O) groups is 1. The first kappa shape index (κ1) is 17.5.